The minimum absolute atomic E-state index is 0.0829. The van der Waals surface area contributed by atoms with E-state index in [0.29, 0.717) is 38.2 Å². The monoisotopic (exact) mass is 663 g/mol. The Bertz CT molecular complexity index is 1690. The van der Waals surface area contributed by atoms with Crippen LogP contribution in [-0.2, 0) is 17.3 Å². The molecule has 3 N–H and O–H groups in total. The maximum absolute atomic E-state index is 16.8. The Labute approximate surface area is 268 Å². The van der Waals surface area contributed by atoms with Gasteiger partial charge in [0.2, 0.25) is 5.88 Å². The molecule has 15 heteroatoms. The third-order valence-corrected chi connectivity index (χ3v) is 10.0. The van der Waals surface area contributed by atoms with Crippen LogP contribution in [0.15, 0.2) is 6.07 Å². The number of nitrogens with two attached hydrogens (primary N) is 1. The number of morpholine rings is 1. The van der Waals surface area contributed by atoms with E-state index in [-0.39, 0.29) is 53.9 Å². The summed E-state index contributed by atoms with van der Waals surface area (Å²) < 4.78 is 93.5. The lowest BCUT2D eigenvalue weighted by molar-refractivity contribution is -0.137. The first-order valence-electron chi connectivity index (χ1n) is 16.2. The summed E-state index contributed by atoms with van der Waals surface area (Å²) >= 11 is 0. The van der Waals surface area contributed by atoms with E-state index in [9.17, 15) is 17.6 Å². The topological polar surface area (TPSA) is 111 Å². The van der Waals surface area contributed by atoms with Crippen LogP contribution in [0.25, 0.3) is 22.2 Å². The van der Waals surface area contributed by atoms with Crippen LogP contribution in [-0.4, -0.2) is 89.6 Å². The number of hydrogen-bond donors (Lipinski definition) is 2. The predicted molar refractivity (Wildman–Crippen MR) is 165 cm³/mol. The Balaban J connectivity index is 1.41. The number of nitrogens with one attached hydrogen (secondary N) is 1. The van der Waals surface area contributed by atoms with Crippen LogP contribution in [0, 0.1) is 11.6 Å². The van der Waals surface area contributed by atoms with Crippen molar-refractivity contribution in [3.05, 3.63) is 28.8 Å². The second-order valence-electron chi connectivity index (χ2n) is 12.7. The van der Waals surface area contributed by atoms with Gasteiger partial charge < -0.3 is 30.2 Å². The van der Waals surface area contributed by atoms with Gasteiger partial charge in [0.25, 0.3) is 0 Å². The first kappa shape index (κ1) is 32.0. The second-order valence-corrected chi connectivity index (χ2v) is 12.7. The van der Waals surface area contributed by atoms with Gasteiger partial charge in [0.05, 0.1) is 30.5 Å². The van der Waals surface area contributed by atoms with Gasteiger partial charge in [0.15, 0.2) is 5.82 Å². The van der Waals surface area contributed by atoms with Gasteiger partial charge in [-0.25, -0.2) is 13.8 Å². The zero-order valence-corrected chi connectivity index (χ0v) is 26.5. The van der Waals surface area contributed by atoms with Gasteiger partial charge in [-0.2, -0.15) is 23.1 Å². The van der Waals surface area contributed by atoms with Gasteiger partial charge in [0, 0.05) is 48.9 Å². The van der Waals surface area contributed by atoms with E-state index in [1.807, 2.05) is 11.8 Å². The van der Waals surface area contributed by atoms with E-state index in [4.69, 9.17) is 24.9 Å². The van der Waals surface area contributed by atoms with Crippen LogP contribution < -0.4 is 25.4 Å². The van der Waals surface area contributed by atoms with Crippen molar-refractivity contribution >= 4 is 22.4 Å². The average Bonchev–Trinajstić information content (AvgIpc) is 3.43. The largest absolute Gasteiger partial charge is 0.472 e. The number of pyridine rings is 1. The second kappa shape index (κ2) is 12.2. The summed E-state index contributed by atoms with van der Waals surface area (Å²) in [5.41, 5.74) is 1.59. The fourth-order valence-corrected chi connectivity index (χ4v) is 7.54. The molecule has 0 radical (unpaired) electrons. The number of nitrogens with zero attached hydrogens (tertiary/aromatic N) is 5. The number of benzene rings is 1. The number of piperazine rings is 1. The van der Waals surface area contributed by atoms with Crippen LogP contribution in [0.5, 0.6) is 11.9 Å². The molecule has 4 aliphatic heterocycles. The Kier molecular flexibility index (Phi) is 8.28. The molecule has 47 heavy (non-hydrogen) atoms. The van der Waals surface area contributed by atoms with Crippen molar-refractivity contribution in [2.24, 2.45) is 0 Å². The van der Waals surface area contributed by atoms with Crippen LogP contribution in [0.1, 0.15) is 51.2 Å². The van der Waals surface area contributed by atoms with Crippen LogP contribution in [0.4, 0.5) is 33.5 Å². The zero-order chi connectivity index (χ0) is 33.2. The number of aromatic nitrogens is 3. The van der Waals surface area contributed by atoms with Crippen molar-refractivity contribution in [3.63, 3.8) is 0 Å². The predicted octanol–water partition coefficient (Wildman–Crippen LogP) is 4.71. The standard InChI is InChI=1S/C32H38F5N7O3/c1-4-16-12-44-22(11-39-16)15(3)47-30-23-28(41-31(42-29(23)44)46-14-18-7-6-17-13-45-9-8-43(17)18)26(34)27(40-30)20-10-21(38)25(33)19(5-2)24(20)32(35,36)37/h10,15-18,22,39H,4-9,11-14,38H2,1-3H3/t15-,16+,17-,18-,22-/m0/s1. The molecule has 3 fully saturated rings. The fraction of sp³-hybridized carbons (Fsp3) is 0.594. The normalized spacial score (nSPS) is 26.1. The fourth-order valence-electron chi connectivity index (χ4n) is 7.54. The molecule has 7 rings (SSSR count). The summed E-state index contributed by atoms with van der Waals surface area (Å²) in [5, 5.41) is 3.64. The van der Waals surface area contributed by atoms with E-state index in [1.165, 1.54) is 6.92 Å². The van der Waals surface area contributed by atoms with Gasteiger partial charge in [0.1, 0.15) is 40.9 Å². The molecule has 0 unspecified atom stereocenters. The number of anilines is 2. The van der Waals surface area contributed by atoms with Crippen LogP contribution in [0.3, 0.4) is 0 Å². The molecular weight excluding hydrogens is 625 g/mol. The first-order chi connectivity index (χ1) is 22.5. The minimum Gasteiger partial charge on any atom is -0.472 e. The van der Waals surface area contributed by atoms with Crippen LogP contribution >= 0.6 is 0 Å². The maximum Gasteiger partial charge on any atom is 0.417 e. The molecule has 0 bridgehead atoms. The Morgan fingerprint density at radius 2 is 1.94 bits per heavy atom. The van der Waals surface area contributed by atoms with Crippen molar-refractivity contribution in [2.45, 2.75) is 82.9 Å². The highest BCUT2D eigenvalue weighted by Gasteiger charge is 2.43. The summed E-state index contributed by atoms with van der Waals surface area (Å²) in [6.07, 6.45) is -3.21. The van der Waals surface area contributed by atoms with Gasteiger partial charge in [-0.3, -0.25) is 4.90 Å². The molecule has 0 aliphatic carbocycles. The molecule has 10 nitrogen and oxygen atoms in total. The molecule has 4 aliphatic rings. The Hall–Kier alpha value is -3.56. The Morgan fingerprint density at radius 1 is 1.13 bits per heavy atom. The third kappa shape index (κ3) is 5.49. The lowest BCUT2D eigenvalue weighted by Gasteiger charge is -2.42. The SMILES string of the molecule is CCc1c(F)c(N)cc(-c2nc3c4c(nc(OC[C@@H]5CC[C@H]6COCCN65)nc4c2F)N2C[C@@H](CC)NC[C@H]2[C@H](C)O3)c1C(F)(F)F. The molecular formula is C32H38F5N7O3. The van der Waals surface area contributed by atoms with E-state index >= 15 is 4.39 Å². The smallest absolute Gasteiger partial charge is 0.417 e. The maximum atomic E-state index is 16.8. The van der Waals surface area contributed by atoms with Gasteiger partial charge in [-0.1, -0.05) is 13.8 Å². The van der Waals surface area contributed by atoms with Gasteiger partial charge in [-0.15, -0.1) is 0 Å². The molecule has 0 saturated carbocycles. The Morgan fingerprint density at radius 3 is 2.68 bits per heavy atom. The first-order valence-corrected chi connectivity index (χ1v) is 16.2. The highest BCUT2D eigenvalue weighted by Crippen LogP contribution is 2.46. The number of halogens is 5. The lowest BCUT2D eigenvalue weighted by atomic mass is 9.94. The molecule has 2 aromatic heterocycles. The van der Waals surface area contributed by atoms with Crippen molar-refractivity contribution in [2.75, 3.05) is 50.1 Å². The minimum atomic E-state index is -5.04. The lowest BCUT2D eigenvalue weighted by Crippen LogP contribution is -2.60. The molecule has 0 amide bonds. The summed E-state index contributed by atoms with van der Waals surface area (Å²) in [6, 6.07) is 0.908. The quantitative estimate of drug-likeness (QED) is 0.284. The van der Waals surface area contributed by atoms with Crippen molar-refractivity contribution in [1.82, 2.24) is 25.2 Å². The van der Waals surface area contributed by atoms with Crippen molar-refractivity contribution in [1.29, 1.82) is 0 Å². The van der Waals surface area contributed by atoms with Crippen molar-refractivity contribution in [3.8, 4) is 23.1 Å². The van der Waals surface area contributed by atoms with E-state index in [1.54, 1.807) is 0 Å². The number of alkyl halides is 3. The zero-order valence-electron chi connectivity index (χ0n) is 26.5. The molecule has 254 valence electrons. The number of nitrogen functional groups attached to an aromatic ring is 1. The van der Waals surface area contributed by atoms with E-state index in [0.717, 1.165) is 31.9 Å². The van der Waals surface area contributed by atoms with Crippen molar-refractivity contribution < 1.29 is 36.2 Å². The molecule has 3 saturated heterocycles. The van der Waals surface area contributed by atoms with E-state index in [2.05, 4.69) is 27.1 Å². The highest BCUT2D eigenvalue weighted by molar-refractivity contribution is 5.97. The number of ether oxygens (including phenoxy) is 3. The van der Waals surface area contributed by atoms with Crippen LogP contribution in [0.2, 0.25) is 0 Å². The average molecular weight is 664 g/mol. The summed E-state index contributed by atoms with van der Waals surface area (Å²) in [5.74, 6) is -2.11. The number of rotatable bonds is 6. The molecule has 1 aromatic carbocycles. The number of hydrogen-bond acceptors (Lipinski definition) is 10. The van der Waals surface area contributed by atoms with Gasteiger partial charge in [-0.05, 0) is 38.7 Å². The summed E-state index contributed by atoms with van der Waals surface area (Å²) in [7, 11) is 0. The van der Waals surface area contributed by atoms with Gasteiger partial charge >= 0.3 is 12.2 Å². The molecule has 6 heterocycles. The molecule has 5 atom stereocenters. The molecule has 3 aromatic rings. The summed E-state index contributed by atoms with van der Waals surface area (Å²) in [4.78, 5) is 18.0. The van der Waals surface area contributed by atoms with E-state index < -0.39 is 52.0 Å². The molecule has 0 spiro atoms. The highest BCUT2D eigenvalue weighted by atomic mass is 19.4. The summed E-state index contributed by atoms with van der Waals surface area (Å²) in [6.45, 7) is 8.60. The third-order valence-electron chi connectivity index (χ3n) is 10.0. The number of fused-ring (bicyclic) bond motifs is 3.